The molecule has 0 saturated carbocycles. The number of halogens is 2. The topological polar surface area (TPSA) is 51.2 Å². The number of benzene rings is 1. The molecule has 0 aliphatic carbocycles. The van der Waals surface area contributed by atoms with Gasteiger partial charge in [0, 0.05) is 17.5 Å². The van der Waals surface area contributed by atoms with Crippen molar-refractivity contribution in [2.75, 3.05) is 6.54 Å². The first-order chi connectivity index (χ1) is 12.5. The van der Waals surface area contributed by atoms with Gasteiger partial charge >= 0.3 is 6.61 Å². The second-order valence-electron chi connectivity index (χ2n) is 5.47. The highest BCUT2D eigenvalue weighted by molar-refractivity contribution is 7.17. The largest absolute Gasteiger partial charge is 0.435 e. The Morgan fingerprint density at radius 3 is 2.69 bits per heavy atom. The van der Waals surface area contributed by atoms with Gasteiger partial charge in [0.05, 0.1) is 5.69 Å². The van der Waals surface area contributed by atoms with Crippen LogP contribution < -0.4 is 10.1 Å². The molecule has 8 heteroatoms. The zero-order chi connectivity index (χ0) is 18.5. The summed E-state index contributed by atoms with van der Waals surface area (Å²) in [5.74, 6) is -0.0341. The number of aryl methyl sites for hydroxylation is 1. The van der Waals surface area contributed by atoms with E-state index >= 15 is 0 Å². The van der Waals surface area contributed by atoms with Crippen molar-refractivity contribution in [1.29, 1.82) is 0 Å². The van der Waals surface area contributed by atoms with Crippen LogP contribution >= 0.6 is 22.7 Å². The molecule has 136 valence electrons. The molecule has 1 amide bonds. The maximum atomic E-state index is 12.4. The maximum Gasteiger partial charge on any atom is 0.387 e. The molecule has 0 fully saturated rings. The van der Waals surface area contributed by atoms with Crippen molar-refractivity contribution in [2.24, 2.45) is 0 Å². The van der Waals surface area contributed by atoms with Gasteiger partial charge in [0.2, 0.25) is 0 Å². The molecule has 0 bridgehead atoms. The average molecular weight is 394 g/mol. The third-order valence-corrected chi connectivity index (χ3v) is 5.51. The Labute approximate surface area is 157 Å². The van der Waals surface area contributed by atoms with E-state index in [0.29, 0.717) is 23.5 Å². The van der Waals surface area contributed by atoms with E-state index in [1.54, 1.807) is 23.5 Å². The molecule has 0 aliphatic rings. The van der Waals surface area contributed by atoms with E-state index in [1.807, 2.05) is 23.8 Å². The molecule has 26 heavy (non-hydrogen) atoms. The van der Waals surface area contributed by atoms with E-state index in [-0.39, 0.29) is 11.7 Å². The third-order valence-electron chi connectivity index (χ3n) is 3.62. The number of nitrogens with zero attached hydrogens (tertiary/aromatic N) is 1. The lowest BCUT2D eigenvalue weighted by Crippen LogP contribution is -2.25. The minimum absolute atomic E-state index is 0.119. The first-order valence-electron chi connectivity index (χ1n) is 7.85. The average Bonchev–Trinajstić information content (AvgIpc) is 3.25. The SMILES string of the molecule is Cc1nc(-c2ccsc2)sc1C(=O)NCCc1ccc(OC(F)F)cc1. The molecular formula is C18H16F2N2O2S2. The van der Waals surface area contributed by atoms with Crippen molar-refractivity contribution >= 4 is 28.6 Å². The zero-order valence-corrected chi connectivity index (χ0v) is 15.5. The van der Waals surface area contributed by atoms with Gasteiger partial charge in [0.1, 0.15) is 15.6 Å². The molecule has 0 unspecified atom stereocenters. The van der Waals surface area contributed by atoms with Gasteiger partial charge in [-0.05, 0) is 42.5 Å². The van der Waals surface area contributed by atoms with Crippen LogP contribution in [-0.2, 0) is 6.42 Å². The van der Waals surface area contributed by atoms with Crippen LogP contribution in [0.4, 0.5) is 8.78 Å². The molecule has 4 nitrogen and oxygen atoms in total. The molecule has 0 spiro atoms. The van der Waals surface area contributed by atoms with E-state index in [0.717, 1.165) is 16.1 Å². The number of thiazole rings is 1. The summed E-state index contributed by atoms with van der Waals surface area (Å²) in [7, 11) is 0. The highest BCUT2D eigenvalue weighted by Crippen LogP contribution is 2.29. The van der Waals surface area contributed by atoms with E-state index < -0.39 is 6.61 Å². The van der Waals surface area contributed by atoms with Crippen LogP contribution in [0.2, 0.25) is 0 Å². The van der Waals surface area contributed by atoms with E-state index in [1.165, 1.54) is 23.5 Å². The van der Waals surface area contributed by atoms with E-state index in [2.05, 4.69) is 15.0 Å². The predicted molar refractivity (Wildman–Crippen MR) is 99.3 cm³/mol. The first-order valence-corrected chi connectivity index (χ1v) is 9.61. The quantitative estimate of drug-likeness (QED) is 0.629. The standard InChI is InChI=1S/C18H16F2N2O2S2/c1-11-15(26-17(22-11)13-7-9-25-10-13)16(23)21-8-6-12-2-4-14(5-3-12)24-18(19)20/h2-5,7,9-10,18H,6,8H2,1H3,(H,21,23). The number of hydrogen-bond acceptors (Lipinski definition) is 5. The minimum atomic E-state index is -2.83. The second-order valence-corrected chi connectivity index (χ2v) is 7.25. The fourth-order valence-corrected chi connectivity index (χ4v) is 4.05. The molecular weight excluding hydrogens is 378 g/mol. The number of carbonyl (C=O) groups excluding carboxylic acids is 1. The van der Waals surface area contributed by atoms with Gasteiger partial charge in [-0.25, -0.2) is 4.98 Å². The lowest BCUT2D eigenvalue weighted by Gasteiger charge is -2.07. The van der Waals surface area contributed by atoms with Crippen LogP contribution in [0.3, 0.4) is 0 Å². The molecule has 2 heterocycles. The highest BCUT2D eigenvalue weighted by atomic mass is 32.1. The molecule has 0 radical (unpaired) electrons. The summed E-state index contributed by atoms with van der Waals surface area (Å²) >= 11 is 2.96. The number of nitrogens with one attached hydrogen (secondary N) is 1. The van der Waals surface area contributed by atoms with Crippen molar-refractivity contribution in [3.63, 3.8) is 0 Å². The Bertz CT molecular complexity index is 862. The van der Waals surface area contributed by atoms with Crippen LogP contribution in [0, 0.1) is 6.92 Å². The zero-order valence-electron chi connectivity index (χ0n) is 13.9. The molecule has 3 rings (SSSR count). The van der Waals surface area contributed by atoms with Crippen LogP contribution in [-0.4, -0.2) is 24.0 Å². The van der Waals surface area contributed by atoms with Gasteiger partial charge in [-0.1, -0.05) is 12.1 Å². The lowest BCUT2D eigenvalue weighted by molar-refractivity contribution is -0.0498. The molecule has 2 aromatic heterocycles. The number of thiophene rings is 1. The number of aromatic nitrogens is 1. The number of hydrogen-bond donors (Lipinski definition) is 1. The summed E-state index contributed by atoms with van der Waals surface area (Å²) in [6.45, 7) is -0.566. The van der Waals surface area contributed by atoms with Crippen LogP contribution in [0.15, 0.2) is 41.1 Å². The summed E-state index contributed by atoms with van der Waals surface area (Å²) in [5, 5.41) is 7.69. The Morgan fingerprint density at radius 1 is 1.27 bits per heavy atom. The normalized spacial score (nSPS) is 10.9. The Morgan fingerprint density at radius 2 is 2.04 bits per heavy atom. The number of alkyl halides is 2. The van der Waals surface area contributed by atoms with Crippen LogP contribution in [0.5, 0.6) is 5.75 Å². The molecule has 0 aliphatic heterocycles. The van der Waals surface area contributed by atoms with E-state index in [4.69, 9.17) is 0 Å². The number of rotatable bonds is 7. The van der Waals surface area contributed by atoms with Crippen molar-refractivity contribution in [2.45, 2.75) is 20.0 Å². The highest BCUT2D eigenvalue weighted by Gasteiger charge is 2.16. The summed E-state index contributed by atoms with van der Waals surface area (Å²) in [4.78, 5) is 17.4. The predicted octanol–water partition coefficient (Wildman–Crippen LogP) is 4.75. The van der Waals surface area contributed by atoms with Gasteiger partial charge in [-0.15, -0.1) is 11.3 Å². The molecule has 0 atom stereocenters. The van der Waals surface area contributed by atoms with Gasteiger partial charge in [0.15, 0.2) is 0 Å². The number of carbonyl (C=O) groups is 1. The third kappa shape index (κ3) is 4.64. The fraction of sp³-hybridized carbons (Fsp3) is 0.222. The van der Waals surface area contributed by atoms with Gasteiger partial charge in [-0.2, -0.15) is 20.1 Å². The molecule has 0 saturated heterocycles. The second kappa shape index (κ2) is 8.37. The monoisotopic (exact) mass is 394 g/mol. The molecule has 3 aromatic rings. The Hall–Kier alpha value is -2.32. The van der Waals surface area contributed by atoms with Gasteiger partial charge in [0.25, 0.3) is 5.91 Å². The van der Waals surface area contributed by atoms with Crippen molar-refractivity contribution in [3.8, 4) is 16.3 Å². The molecule has 1 aromatic carbocycles. The lowest BCUT2D eigenvalue weighted by atomic mass is 10.1. The number of amides is 1. The summed E-state index contributed by atoms with van der Waals surface area (Å²) in [5.41, 5.74) is 2.65. The molecule has 1 N–H and O–H groups in total. The van der Waals surface area contributed by atoms with Crippen molar-refractivity contribution in [3.05, 3.63) is 57.2 Å². The summed E-state index contributed by atoms with van der Waals surface area (Å²) in [6.07, 6.45) is 0.593. The van der Waals surface area contributed by atoms with Gasteiger partial charge in [-0.3, -0.25) is 4.79 Å². The summed E-state index contributed by atoms with van der Waals surface area (Å²) in [6, 6.07) is 8.37. The van der Waals surface area contributed by atoms with Crippen molar-refractivity contribution < 1.29 is 18.3 Å². The summed E-state index contributed by atoms with van der Waals surface area (Å²) < 4.78 is 28.6. The van der Waals surface area contributed by atoms with Crippen LogP contribution in [0.25, 0.3) is 10.6 Å². The smallest absolute Gasteiger partial charge is 0.387 e. The Balaban J connectivity index is 1.54. The maximum absolute atomic E-state index is 12.4. The van der Waals surface area contributed by atoms with Crippen LogP contribution in [0.1, 0.15) is 20.9 Å². The van der Waals surface area contributed by atoms with Gasteiger partial charge < -0.3 is 10.1 Å². The van der Waals surface area contributed by atoms with E-state index in [9.17, 15) is 13.6 Å². The Kier molecular flexibility index (Phi) is 5.95. The first kappa shape index (κ1) is 18.5. The van der Waals surface area contributed by atoms with Crippen molar-refractivity contribution in [1.82, 2.24) is 10.3 Å². The minimum Gasteiger partial charge on any atom is -0.435 e. The number of ether oxygens (including phenoxy) is 1. The fourth-order valence-electron chi connectivity index (χ4n) is 2.35.